The van der Waals surface area contributed by atoms with Gasteiger partial charge in [-0.3, -0.25) is 9.89 Å². The number of nitrogens with zero attached hydrogens (tertiary/aromatic N) is 3. The highest BCUT2D eigenvalue weighted by Crippen LogP contribution is 2.15. The zero-order valence-corrected chi connectivity index (χ0v) is 18.1. The quantitative estimate of drug-likeness (QED) is 0.492. The summed E-state index contributed by atoms with van der Waals surface area (Å²) in [6, 6.07) is 8.93. The van der Waals surface area contributed by atoms with Gasteiger partial charge in [0.15, 0.2) is 5.96 Å². The molecule has 0 bridgehead atoms. The highest BCUT2D eigenvalue weighted by Gasteiger charge is 2.17. The molecule has 6 heteroatoms. The van der Waals surface area contributed by atoms with Gasteiger partial charge >= 0.3 is 0 Å². The molecule has 1 heterocycles. The largest absolute Gasteiger partial charge is 0.492 e. The Kier molecular flexibility index (Phi) is 10.1. The van der Waals surface area contributed by atoms with Crippen LogP contribution in [0.5, 0.6) is 5.75 Å². The van der Waals surface area contributed by atoms with Crippen molar-refractivity contribution >= 4 is 5.96 Å². The van der Waals surface area contributed by atoms with Gasteiger partial charge in [0.2, 0.25) is 0 Å². The lowest BCUT2D eigenvalue weighted by atomic mass is 10.1. The normalized spacial score (nSPS) is 15.7. The molecule has 1 aromatic rings. The molecule has 1 fully saturated rings. The minimum atomic E-state index is 0.615. The molecule has 0 aromatic heterocycles. The van der Waals surface area contributed by atoms with E-state index in [1.807, 2.05) is 13.1 Å². The molecule has 1 N–H and O–H groups in total. The number of guanidine groups is 1. The van der Waals surface area contributed by atoms with E-state index in [0.717, 1.165) is 57.4 Å². The Morgan fingerprint density at radius 1 is 1.25 bits per heavy atom. The Labute approximate surface area is 170 Å². The van der Waals surface area contributed by atoms with Crippen LogP contribution in [-0.4, -0.2) is 75.9 Å². The van der Waals surface area contributed by atoms with Crippen LogP contribution in [0.15, 0.2) is 29.3 Å². The number of hydrogen-bond acceptors (Lipinski definition) is 4. The van der Waals surface area contributed by atoms with Crippen molar-refractivity contribution in [3.63, 3.8) is 0 Å². The summed E-state index contributed by atoms with van der Waals surface area (Å²) in [5, 5.41) is 3.44. The van der Waals surface area contributed by atoms with E-state index in [1.165, 1.54) is 18.4 Å². The van der Waals surface area contributed by atoms with Gasteiger partial charge in [-0.25, -0.2) is 0 Å². The molecule has 1 aliphatic rings. The maximum absolute atomic E-state index is 6.00. The summed E-state index contributed by atoms with van der Waals surface area (Å²) in [4.78, 5) is 8.95. The summed E-state index contributed by atoms with van der Waals surface area (Å²) < 4.78 is 11.4. The second-order valence-electron chi connectivity index (χ2n) is 7.50. The molecule has 158 valence electrons. The minimum Gasteiger partial charge on any atom is -0.492 e. The third-order valence-electron chi connectivity index (χ3n) is 5.30. The van der Waals surface area contributed by atoms with E-state index < -0.39 is 0 Å². The Bertz CT molecular complexity index is 588. The van der Waals surface area contributed by atoms with Crippen molar-refractivity contribution in [3.8, 4) is 5.75 Å². The van der Waals surface area contributed by atoms with Crippen molar-refractivity contribution < 1.29 is 9.47 Å². The summed E-state index contributed by atoms with van der Waals surface area (Å²) in [6.07, 6.45) is 4.59. The van der Waals surface area contributed by atoms with Crippen LogP contribution < -0.4 is 10.1 Å². The number of hydrogen-bond donors (Lipinski definition) is 1. The van der Waals surface area contributed by atoms with E-state index in [9.17, 15) is 0 Å². The van der Waals surface area contributed by atoms with Gasteiger partial charge in [-0.2, -0.15) is 0 Å². The first-order chi connectivity index (χ1) is 13.6. The fraction of sp³-hybridized carbons (Fsp3) is 0.682. The second kappa shape index (κ2) is 12.6. The predicted octanol–water partition coefficient (Wildman–Crippen LogP) is 2.98. The summed E-state index contributed by atoms with van der Waals surface area (Å²) in [5.41, 5.74) is 1.19. The number of rotatable bonds is 10. The molecule has 0 spiro atoms. The molecule has 28 heavy (non-hydrogen) atoms. The molecule has 2 rings (SSSR count). The SMILES string of the molecule is CCCCN(C)C(=NC)NCc1cccc(OCCN(C)C2CCOCC2)c1. The van der Waals surface area contributed by atoms with E-state index in [1.54, 1.807) is 0 Å². The maximum atomic E-state index is 6.00. The Morgan fingerprint density at radius 3 is 2.75 bits per heavy atom. The van der Waals surface area contributed by atoms with E-state index >= 15 is 0 Å². The molecule has 0 saturated carbocycles. The van der Waals surface area contributed by atoms with Crippen molar-refractivity contribution in [2.45, 2.75) is 45.2 Å². The molecule has 0 unspecified atom stereocenters. The number of nitrogens with one attached hydrogen (secondary N) is 1. The zero-order chi connectivity index (χ0) is 20.2. The number of benzene rings is 1. The smallest absolute Gasteiger partial charge is 0.193 e. The van der Waals surface area contributed by atoms with Crippen molar-refractivity contribution in [2.24, 2.45) is 4.99 Å². The Morgan fingerprint density at radius 2 is 2.04 bits per heavy atom. The van der Waals surface area contributed by atoms with E-state index in [4.69, 9.17) is 9.47 Å². The third kappa shape index (κ3) is 7.68. The van der Waals surface area contributed by atoms with Crippen LogP contribution in [0.4, 0.5) is 0 Å². The first-order valence-corrected chi connectivity index (χ1v) is 10.6. The molecule has 6 nitrogen and oxygen atoms in total. The van der Waals surface area contributed by atoms with Gasteiger partial charge in [0.25, 0.3) is 0 Å². The van der Waals surface area contributed by atoms with Crippen molar-refractivity contribution in [3.05, 3.63) is 29.8 Å². The van der Waals surface area contributed by atoms with Crippen LogP contribution in [0.25, 0.3) is 0 Å². The molecule has 1 saturated heterocycles. The minimum absolute atomic E-state index is 0.615. The van der Waals surface area contributed by atoms with Crippen molar-refractivity contribution in [1.29, 1.82) is 0 Å². The summed E-state index contributed by atoms with van der Waals surface area (Å²) in [6.45, 7) is 7.34. The molecule has 0 atom stereocenters. The number of unbranched alkanes of at least 4 members (excludes halogenated alkanes) is 1. The van der Waals surface area contributed by atoms with Gasteiger partial charge in [-0.05, 0) is 44.0 Å². The number of aliphatic imine (C=N–C) groups is 1. The highest BCUT2D eigenvalue weighted by molar-refractivity contribution is 5.79. The first kappa shape index (κ1) is 22.5. The lowest BCUT2D eigenvalue weighted by Gasteiger charge is -2.31. The first-order valence-electron chi connectivity index (χ1n) is 10.6. The monoisotopic (exact) mass is 390 g/mol. The second-order valence-corrected chi connectivity index (χ2v) is 7.50. The molecule has 0 aliphatic carbocycles. The maximum Gasteiger partial charge on any atom is 0.193 e. The molecule has 1 aromatic carbocycles. The fourth-order valence-corrected chi connectivity index (χ4v) is 3.43. The van der Waals surface area contributed by atoms with Gasteiger partial charge in [0, 0.05) is 53.0 Å². The van der Waals surface area contributed by atoms with E-state index in [2.05, 4.69) is 59.3 Å². The van der Waals surface area contributed by atoms with Crippen LogP contribution in [0.1, 0.15) is 38.2 Å². The van der Waals surface area contributed by atoms with Crippen LogP contribution in [0.3, 0.4) is 0 Å². The van der Waals surface area contributed by atoms with Crippen LogP contribution in [-0.2, 0) is 11.3 Å². The van der Waals surface area contributed by atoms with E-state index in [0.29, 0.717) is 12.6 Å². The summed E-state index contributed by atoms with van der Waals surface area (Å²) in [7, 11) is 6.10. The van der Waals surface area contributed by atoms with Gasteiger partial charge in [0.05, 0.1) is 0 Å². The Hall–Kier alpha value is -1.79. The topological polar surface area (TPSA) is 49.3 Å². The number of likely N-dealkylation sites (N-methyl/N-ethyl adjacent to an activating group) is 1. The molecule has 0 radical (unpaired) electrons. The fourth-order valence-electron chi connectivity index (χ4n) is 3.43. The van der Waals surface area contributed by atoms with Crippen molar-refractivity contribution in [2.75, 3.05) is 54.1 Å². The van der Waals surface area contributed by atoms with Crippen LogP contribution >= 0.6 is 0 Å². The molecule has 1 aliphatic heterocycles. The number of ether oxygens (including phenoxy) is 2. The molecular weight excluding hydrogens is 352 g/mol. The average Bonchev–Trinajstić information content (AvgIpc) is 2.73. The van der Waals surface area contributed by atoms with Crippen molar-refractivity contribution in [1.82, 2.24) is 15.1 Å². The average molecular weight is 391 g/mol. The summed E-state index contributed by atoms with van der Waals surface area (Å²) >= 11 is 0. The Balaban J connectivity index is 1.76. The molecule has 0 amide bonds. The van der Waals surface area contributed by atoms with Gasteiger partial charge in [0.1, 0.15) is 12.4 Å². The third-order valence-corrected chi connectivity index (χ3v) is 5.30. The van der Waals surface area contributed by atoms with Gasteiger partial charge < -0.3 is 19.7 Å². The van der Waals surface area contributed by atoms with Gasteiger partial charge in [-0.15, -0.1) is 0 Å². The standard InChI is InChI=1S/C22H38N4O2/c1-5-6-12-26(4)22(23-2)24-18-19-8-7-9-21(17-19)28-16-13-25(3)20-10-14-27-15-11-20/h7-9,17,20H,5-6,10-16,18H2,1-4H3,(H,23,24). The van der Waals surface area contributed by atoms with Gasteiger partial charge in [-0.1, -0.05) is 25.5 Å². The van der Waals surface area contributed by atoms with Crippen LogP contribution in [0.2, 0.25) is 0 Å². The molecular formula is C22H38N4O2. The van der Waals surface area contributed by atoms with Crippen LogP contribution in [0, 0.1) is 0 Å². The zero-order valence-electron chi connectivity index (χ0n) is 18.1. The van der Waals surface area contributed by atoms with E-state index in [-0.39, 0.29) is 0 Å². The summed E-state index contributed by atoms with van der Waals surface area (Å²) in [5.74, 6) is 1.85. The predicted molar refractivity (Wildman–Crippen MR) is 116 cm³/mol. The lowest BCUT2D eigenvalue weighted by molar-refractivity contribution is 0.0392. The highest BCUT2D eigenvalue weighted by atomic mass is 16.5. The lowest BCUT2D eigenvalue weighted by Crippen LogP contribution is -2.39.